The molecule has 7 nitrogen and oxygen atoms in total. The number of hydrogen-bond donors (Lipinski definition) is 1. The van der Waals surface area contributed by atoms with E-state index in [0.717, 1.165) is 22.3 Å². The number of rotatable bonds is 6. The maximum absolute atomic E-state index is 13.2. The zero-order chi connectivity index (χ0) is 22.8. The van der Waals surface area contributed by atoms with Crippen LogP contribution in [0.2, 0.25) is 5.02 Å². The first-order valence-electron chi connectivity index (χ1n) is 10.1. The van der Waals surface area contributed by atoms with Crippen LogP contribution < -0.4 is 15.6 Å². The van der Waals surface area contributed by atoms with E-state index in [2.05, 4.69) is 15.0 Å². The summed E-state index contributed by atoms with van der Waals surface area (Å²) in [6.45, 7) is 4.21. The van der Waals surface area contributed by atoms with Crippen molar-refractivity contribution in [1.29, 1.82) is 0 Å². The van der Waals surface area contributed by atoms with Gasteiger partial charge < -0.3 is 14.6 Å². The van der Waals surface area contributed by atoms with Gasteiger partial charge in [-0.3, -0.25) is 9.59 Å². The van der Waals surface area contributed by atoms with Gasteiger partial charge >= 0.3 is 0 Å². The number of nitrogens with zero attached hydrogens (tertiary/aromatic N) is 3. The second-order valence-electron chi connectivity index (χ2n) is 7.52. The number of methoxy groups -OCH3 is 1. The summed E-state index contributed by atoms with van der Waals surface area (Å²) in [4.78, 5) is 25.7. The van der Waals surface area contributed by atoms with Crippen LogP contribution in [0.5, 0.6) is 5.75 Å². The molecule has 0 saturated heterocycles. The number of anilines is 1. The average Bonchev–Trinajstić information content (AvgIpc) is 3.02. The minimum atomic E-state index is -0.339. The number of fused-ring (bicyclic) bond motifs is 1. The Morgan fingerprint density at radius 1 is 1.09 bits per heavy atom. The molecule has 4 aromatic rings. The topological polar surface area (TPSA) is 78.2 Å². The molecule has 0 aliphatic carbocycles. The Balaban J connectivity index is 1.62. The van der Waals surface area contributed by atoms with Crippen molar-refractivity contribution >= 4 is 34.0 Å². The van der Waals surface area contributed by atoms with E-state index in [1.807, 2.05) is 38.1 Å². The van der Waals surface area contributed by atoms with E-state index >= 15 is 0 Å². The van der Waals surface area contributed by atoms with E-state index in [0.29, 0.717) is 28.4 Å². The first kappa shape index (κ1) is 21.6. The molecule has 32 heavy (non-hydrogen) atoms. The molecule has 8 heteroatoms. The smallest absolute Gasteiger partial charge is 0.276 e. The molecular weight excluding hydrogens is 428 g/mol. The van der Waals surface area contributed by atoms with Crippen LogP contribution in [0.25, 0.3) is 10.8 Å². The summed E-state index contributed by atoms with van der Waals surface area (Å²) in [6.07, 6.45) is 1.64. The molecule has 0 atom stereocenters. The summed E-state index contributed by atoms with van der Waals surface area (Å²) in [7, 11) is 1.58. The highest BCUT2D eigenvalue weighted by molar-refractivity contribution is 6.31. The van der Waals surface area contributed by atoms with Crippen LogP contribution in [0.15, 0.2) is 59.5 Å². The Bertz CT molecular complexity index is 1360. The highest BCUT2D eigenvalue weighted by Gasteiger charge is 2.18. The summed E-state index contributed by atoms with van der Waals surface area (Å²) in [5.74, 6) is 0.354. The standard InChI is InChI=1S/C24H23ClN4O3/c1-15-20-12-26-29(14-22(30)27-18-8-10-19(32-3)11-9-18)24(31)23(20)16(2)28(15)13-17-6-4-5-7-21(17)25/h4-12H,13-14H2,1-3H3,(H,27,30). The van der Waals surface area contributed by atoms with E-state index in [-0.39, 0.29) is 18.0 Å². The number of amides is 1. The highest BCUT2D eigenvalue weighted by Crippen LogP contribution is 2.25. The SMILES string of the molecule is COc1ccc(NC(=O)Cn2ncc3c(C)n(Cc4ccccc4Cl)c(C)c3c2=O)cc1. The Morgan fingerprint density at radius 2 is 1.81 bits per heavy atom. The van der Waals surface area contributed by atoms with E-state index in [9.17, 15) is 9.59 Å². The molecule has 1 amide bonds. The molecule has 2 heterocycles. The van der Waals surface area contributed by atoms with E-state index in [1.54, 1.807) is 37.6 Å². The number of aryl methyl sites for hydroxylation is 2. The second kappa shape index (κ2) is 8.88. The van der Waals surface area contributed by atoms with Crippen molar-refractivity contribution in [2.75, 3.05) is 12.4 Å². The fraction of sp³-hybridized carbons (Fsp3) is 0.208. The molecule has 4 rings (SSSR count). The largest absolute Gasteiger partial charge is 0.497 e. The van der Waals surface area contributed by atoms with Crippen LogP contribution in [-0.2, 0) is 17.9 Å². The average molecular weight is 451 g/mol. The lowest BCUT2D eigenvalue weighted by molar-refractivity contribution is -0.117. The molecule has 2 aromatic carbocycles. The van der Waals surface area contributed by atoms with Crippen LogP contribution in [0.1, 0.15) is 17.0 Å². The number of hydrogen-bond acceptors (Lipinski definition) is 4. The molecule has 0 aliphatic heterocycles. The van der Waals surface area contributed by atoms with Gasteiger partial charge in [0.25, 0.3) is 5.56 Å². The number of carbonyl (C=O) groups is 1. The molecule has 1 N–H and O–H groups in total. The minimum absolute atomic E-state index is 0.186. The van der Waals surface area contributed by atoms with Gasteiger partial charge in [0.15, 0.2) is 0 Å². The lowest BCUT2D eigenvalue weighted by atomic mass is 10.2. The Morgan fingerprint density at radius 3 is 2.50 bits per heavy atom. The summed E-state index contributed by atoms with van der Waals surface area (Å²) in [5, 5.41) is 9.01. The molecule has 164 valence electrons. The zero-order valence-electron chi connectivity index (χ0n) is 18.1. The third-order valence-corrected chi connectivity index (χ3v) is 5.93. The molecule has 0 saturated carbocycles. The van der Waals surface area contributed by atoms with Gasteiger partial charge in [0, 0.05) is 34.0 Å². The lowest BCUT2D eigenvalue weighted by Gasteiger charge is -2.10. The lowest BCUT2D eigenvalue weighted by Crippen LogP contribution is -2.29. The fourth-order valence-electron chi connectivity index (χ4n) is 3.80. The quantitative estimate of drug-likeness (QED) is 0.478. The van der Waals surface area contributed by atoms with Crippen molar-refractivity contribution < 1.29 is 9.53 Å². The van der Waals surface area contributed by atoms with Gasteiger partial charge in [0.2, 0.25) is 5.91 Å². The van der Waals surface area contributed by atoms with Gasteiger partial charge in [0.05, 0.1) is 18.7 Å². The third-order valence-electron chi connectivity index (χ3n) is 5.56. The van der Waals surface area contributed by atoms with E-state index in [1.165, 1.54) is 4.68 Å². The first-order chi connectivity index (χ1) is 15.4. The maximum atomic E-state index is 13.2. The highest BCUT2D eigenvalue weighted by atomic mass is 35.5. The first-order valence-corrected chi connectivity index (χ1v) is 10.5. The predicted molar refractivity (Wildman–Crippen MR) is 126 cm³/mol. The van der Waals surface area contributed by atoms with E-state index < -0.39 is 0 Å². The van der Waals surface area contributed by atoms with Crippen LogP contribution in [0.4, 0.5) is 5.69 Å². The number of carbonyl (C=O) groups excluding carboxylic acids is 1. The van der Waals surface area contributed by atoms with Crippen LogP contribution in [0.3, 0.4) is 0 Å². The summed E-state index contributed by atoms with van der Waals surface area (Å²) < 4.78 is 8.36. The number of halogens is 1. The molecule has 0 fully saturated rings. The maximum Gasteiger partial charge on any atom is 0.276 e. The summed E-state index contributed by atoms with van der Waals surface area (Å²) in [6, 6.07) is 14.6. The third kappa shape index (κ3) is 4.11. The van der Waals surface area contributed by atoms with Crippen molar-refractivity contribution in [3.8, 4) is 5.75 Å². The van der Waals surface area contributed by atoms with Gasteiger partial charge in [0.1, 0.15) is 12.3 Å². The van der Waals surface area contributed by atoms with Gasteiger partial charge in [-0.2, -0.15) is 5.10 Å². The van der Waals surface area contributed by atoms with E-state index in [4.69, 9.17) is 16.3 Å². The Labute approximate surface area is 190 Å². The van der Waals surface area contributed by atoms with Crippen LogP contribution >= 0.6 is 11.6 Å². The molecular formula is C24H23ClN4O3. The predicted octanol–water partition coefficient (Wildman–Crippen LogP) is 4.16. The second-order valence-corrected chi connectivity index (χ2v) is 7.93. The molecule has 2 aromatic heterocycles. The zero-order valence-corrected chi connectivity index (χ0v) is 18.8. The van der Waals surface area contributed by atoms with Crippen LogP contribution in [-0.4, -0.2) is 27.4 Å². The van der Waals surface area contributed by atoms with Gasteiger partial charge in [-0.05, 0) is 49.7 Å². The van der Waals surface area contributed by atoms with Crippen molar-refractivity contribution in [2.24, 2.45) is 0 Å². The Hall–Kier alpha value is -3.58. The van der Waals surface area contributed by atoms with Gasteiger partial charge in [-0.25, -0.2) is 4.68 Å². The number of benzene rings is 2. The summed E-state index contributed by atoms with van der Waals surface area (Å²) in [5.41, 5.74) is 3.02. The molecule has 0 unspecified atom stereocenters. The van der Waals surface area contributed by atoms with Crippen molar-refractivity contribution in [3.63, 3.8) is 0 Å². The normalized spacial score (nSPS) is 11.0. The van der Waals surface area contributed by atoms with Gasteiger partial charge in [-0.1, -0.05) is 29.8 Å². The molecule has 0 bridgehead atoms. The fourth-order valence-corrected chi connectivity index (χ4v) is 4.00. The number of aromatic nitrogens is 3. The van der Waals surface area contributed by atoms with Gasteiger partial charge in [-0.15, -0.1) is 0 Å². The Kier molecular flexibility index (Phi) is 6.01. The van der Waals surface area contributed by atoms with Crippen molar-refractivity contribution in [1.82, 2.24) is 14.3 Å². The molecule has 0 spiro atoms. The molecule has 0 radical (unpaired) electrons. The molecule has 0 aliphatic rings. The summed E-state index contributed by atoms with van der Waals surface area (Å²) >= 11 is 6.33. The van der Waals surface area contributed by atoms with Crippen molar-refractivity contribution in [2.45, 2.75) is 26.9 Å². The van der Waals surface area contributed by atoms with Crippen LogP contribution in [0, 0.1) is 13.8 Å². The minimum Gasteiger partial charge on any atom is -0.497 e. The van der Waals surface area contributed by atoms with Crippen molar-refractivity contribution in [3.05, 3.63) is 87.1 Å². The number of ether oxygens (including phenoxy) is 1. The monoisotopic (exact) mass is 450 g/mol. The number of nitrogens with one attached hydrogen (secondary N) is 1.